The number of hydrogen-bond donors (Lipinski definition) is 0. The minimum Gasteiger partial charge on any atom is -0.493 e. The molecule has 0 aliphatic rings. The average Bonchev–Trinajstić information content (AvgIpc) is 2.77. The van der Waals surface area contributed by atoms with Gasteiger partial charge in [-0.1, -0.05) is 18.2 Å². The number of methoxy groups -OCH3 is 2. The number of allylic oxidation sites excluding steroid dienone is 1. The minimum atomic E-state index is -4.39. The largest absolute Gasteiger partial charge is 0.493 e. The van der Waals surface area contributed by atoms with Crippen LogP contribution in [0.1, 0.15) is 21.5 Å². The third kappa shape index (κ3) is 5.66. The fourth-order valence-corrected chi connectivity index (χ4v) is 2.75. The molecule has 160 valence electrons. The van der Waals surface area contributed by atoms with Gasteiger partial charge in [0.05, 0.1) is 19.8 Å². The maximum atomic E-state index is 12.6. The molecule has 3 rings (SSSR count). The first kappa shape index (κ1) is 22.0. The lowest BCUT2D eigenvalue weighted by atomic mass is 10.1. The maximum Gasteiger partial charge on any atom is 0.416 e. The predicted molar refractivity (Wildman–Crippen MR) is 111 cm³/mol. The van der Waals surface area contributed by atoms with E-state index in [2.05, 4.69) is 0 Å². The average molecular weight is 428 g/mol. The van der Waals surface area contributed by atoms with E-state index in [4.69, 9.17) is 14.2 Å². The third-order valence-corrected chi connectivity index (χ3v) is 4.39. The Morgan fingerprint density at radius 3 is 1.94 bits per heavy atom. The van der Waals surface area contributed by atoms with Crippen LogP contribution in [0.25, 0.3) is 6.08 Å². The van der Waals surface area contributed by atoms with Crippen LogP contribution in [-0.2, 0) is 6.18 Å². The molecule has 0 saturated carbocycles. The fraction of sp³-hybridized carbons (Fsp3) is 0.125. The summed E-state index contributed by atoms with van der Waals surface area (Å²) < 4.78 is 53.8. The smallest absolute Gasteiger partial charge is 0.416 e. The number of rotatable bonds is 7. The van der Waals surface area contributed by atoms with Crippen LogP contribution in [0.3, 0.4) is 0 Å². The molecule has 31 heavy (non-hydrogen) atoms. The van der Waals surface area contributed by atoms with E-state index in [0.717, 1.165) is 17.7 Å². The van der Waals surface area contributed by atoms with Crippen molar-refractivity contribution in [2.24, 2.45) is 0 Å². The van der Waals surface area contributed by atoms with Gasteiger partial charge in [0.1, 0.15) is 11.5 Å². The van der Waals surface area contributed by atoms with E-state index in [1.165, 1.54) is 32.4 Å². The molecular formula is C24H19F3O4. The van der Waals surface area contributed by atoms with Gasteiger partial charge in [0.2, 0.25) is 0 Å². The fourth-order valence-electron chi connectivity index (χ4n) is 2.75. The molecule has 3 aromatic carbocycles. The van der Waals surface area contributed by atoms with Gasteiger partial charge in [-0.3, -0.25) is 4.79 Å². The first-order valence-electron chi connectivity index (χ1n) is 9.20. The van der Waals surface area contributed by atoms with E-state index in [1.54, 1.807) is 48.5 Å². The zero-order valence-corrected chi connectivity index (χ0v) is 16.8. The molecule has 0 aliphatic heterocycles. The summed E-state index contributed by atoms with van der Waals surface area (Å²) in [5.74, 6) is 1.55. The topological polar surface area (TPSA) is 44.8 Å². The van der Waals surface area contributed by atoms with E-state index in [0.29, 0.717) is 28.6 Å². The normalized spacial score (nSPS) is 11.4. The lowest BCUT2D eigenvalue weighted by Crippen LogP contribution is -2.03. The van der Waals surface area contributed by atoms with Crippen LogP contribution in [0, 0.1) is 0 Å². The summed E-state index contributed by atoms with van der Waals surface area (Å²) in [5.41, 5.74) is 0.476. The third-order valence-electron chi connectivity index (χ3n) is 4.39. The Balaban J connectivity index is 1.65. The van der Waals surface area contributed by atoms with Crippen molar-refractivity contribution in [3.8, 4) is 23.0 Å². The standard InChI is InChI=1S/C24H19F3O4/c1-29-22-14-6-17(15-23(22)30-2)21(28)13-5-16-3-9-19(10-4-16)31-20-11-7-18(8-12-20)24(25,26)27/h3-15H,1-2H3/b13-5+. The summed E-state index contributed by atoms with van der Waals surface area (Å²) in [7, 11) is 3.01. The second kappa shape index (κ2) is 9.38. The van der Waals surface area contributed by atoms with Crippen molar-refractivity contribution in [1.82, 2.24) is 0 Å². The maximum absolute atomic E-state index is 12.6. The second-order valence-electron chi connectivity index (χ2n) is 6.46. The van der Waals surface area contributed by atoms with Gasteiger partial charge >= 0.3 is 6.18 Å². The highest BCUT2D eigenvalue weighted by Gasteiger charge is 2.30. The molecule has 0 unspecified atom stereocenters. The zero-order chi connectivity index (χ0) is 22.4. The van der Waals surface area contributed by atoms with Gasteiger partial charge < -0.3 is 14.2 Å². The van der Waals surface area contributed by atoms with Gasteiger partial charge in [-0.25, -0.2) is 0 Å². The summed E-state index contributed by atoms with van der Waals surface area (Å²) in [4.78, 5) is 12.4. The van der Waals surface area contributed by atoms with Crippen LogP contribution in [0.15, 0.2) is 72.8 Å². The monoisotopic (exact) mass is 428 g/mol. The first-order chi connectivity index (χ1) is 14.8. The number of carbonyl (C=O) groups is 1. The van der Waals surface area contributed by atoms with Gasteiger partial charge in [-0.05, 0) is 66.2 Å². The van der Waals surface area contributed by atoms with Crippen LogP contribution in [-0.4, -0.2) is 20.0 Å². The molecule has 0 aliphatic carbocycles. The predicted octanol–water partition coefficient (Wildman–Crippen LogP) is 6.41. The van der Waals surface area contributed by atoms with Gasteiger partial charge in [0, 0.05) is 5.56 Å². The van der Waals surface area contributed by atoms with Crippen LogP contribution < -0.4 is 14.2 Å². The number of ether oxygens (including phenoxy) is 3. The molecule has 0 spiro atoms. The molecule has 0 saturated heterocycles. The Bertz CT molecular complexity index is 1070. The summed E-state index contributed by atoms with van der Waals surface area (Å²) in [6.45, 7) is 0. The summed E-state index contributed by atoms with van der Waals surface area (Å²) in [6, 6.07) is 16.2. The zero-order valence-electron chi connectivity index (χ0n) is 16.8. The molecule has 0 heterocycles. The molecule has 0 amide bonds. The molecule has 4 nitrogen and oxygen atoms in total. The number of carbonyl (C=O) groups excluding carboxylic acids is 1. The number of ketones is 1. The van der Waals surface area contributed by atoms with E-state index in [9.17, 15) is 18.0 Å². The molecule has 0 radical (unpaired) electrons. The molecule has 0 fully saturated rings. The van der Waals surface area contributed by atoms with Crippen molar-refractivity contribution in [1.29, 1.82) is 0 Å². The number of alkyl halides is 3. The van der Waals surface area contributed by atoms with E-state index >= 15 is 0 Å². The number of hydrogen-bond acceptors (Lipinski definition) is 4. The molecule has 0 N–H and O–H groups in total. The highest BCUT2D eigenvalue weighted by Crippen LogP contribution is 2.31. The summed E-state index contributed by atoms with van der Waals surface area (Å²) >= 11 is 0. The van der Waals surface area contributed by atoms with Gasteiger partial charge in [-0.15, -0.1) is 0 Å². The van der Waals surface area contributed by atoms with Crippen LogP contribution in [0.2, 0.25) is 0 Å². The molecule has 0 aromatic heterocycles. The quantitative estimate of drug-likeness (QED) is 0.322. The van der Waals surface area contributed by atoms with E-state index in [1.807, 2.05) is 0 Å². The van der Waals surface area contributed by atoms with Gasteiger partial charge in [0.15, 0.2) is 17.3 Å². The number of halogens is 3. The molecule has 0 bridgehead atoms. The summed E-state index contributed by atoms with van der Waals surface area (Å²) in [5, 5.41) is 0. The van der Waals surface area contributed by atoms with Crippen molar-refractivity contribution >= 4 is 11.9 Å². The van der Waals surface area contributed by atoms with Crippen molar-refractivity contribution < 1.29 is 32.2 Å². The number of benzene rings is 3. The first-order valence-corrected chi connectivity index (χ1v) is 9.20. The SMILES string of the molecule is COc1ccc(C(=O)/C=C/c2ccc(Oc3ccc(C(F)(F)F)cc3)cc2)cc1OC. The van der Waals surface area contributed by atoms with Crippen LogP contribution >= 0.6 is 0 Å². The minimum absolute atomic E-state index is 0.203. The lowest BCUT2D eigenvalue weighted by molar-refractivity contribution is -0.137. The van der Waals surface area contributed by atoms with Crippen molar-refractivity contribution in [2.45, 2.75) is 6.18 Å². The van der Waals surface area contributed by atoms with E-state index in [-0.39, 0.29) is 5.78 Å². The Hall–Kier alpha value is -3.74. The van der Waals surface area contributed by atoms with Crippen molar-refractivity contribution in [3.63, 3.8) is 0 Å². The molecule has 3 aromatic rings. The second-order valence-corrected chi connectivity index (χ2v) is 6.46. The Kier molecular flexibility index (Phi) is 6.65. The highest BCUT2D eigenvalue weighted by atomic mass is 19.4. The van der Waals surface area contributed by atoms with Crippen LogP contribution in [0.5, 0.6) is 23.0 Å². The molecule has 0 atom stereocenters. The Labute approximate surface area is 177 Å². The Morgan fingerprint density at radius 2 is 1.39 bits per heavy atom. The molecular weight excluding hydrogens is 409 g/mol. The summed E-state index contributed by atoms with van der Waals surface area (Å²) in [6.07, 6.45) is -1.30. The van der Waals surface area contributed by atoms with Gasteiger partial charge in [0.25, 0.3) is 0 Å². The van der Waals surface area contributed by atoms with Crippen molar-refractivity contribution in [2.75, 3.05) is 14.2 Å². The van der Waals surface area contributed by atoms with Crippen molar-refractivity contribution in [3.05, 3.63) is 89.5 Å². The molecule has 7 heteroatoms. The highest BCUT2D eigenvalue weighted by molar-refractivity contribution is 6.07. The van der Waals surface area contributed by atoms with Crippen LogP contribution in [0.4, 0.5) is 13.2 Å². The van der Waals surface area contributed by atoms with Gasteiger partial charge in [-0.2, -0.15) is 13.2 Å². The Morgan fingerprint density at radius 1 is 0.806 bits per heavy atom. The lowest BCUT2D eigenvalue weighted by Gasteiger charge is -2.09. The van der Waals surface area contributed by atoms with E-state index < -0.39 is 11.7 Å².